The first-order chi connectivity index (χ1) is 9.60. The highest BCUT2D eigenvalue weighted by atomic mass is 79.9. The summed E-state index contributed by atoms with van der Waals surface area (Å²) in [7, 11) is 2.01. The summed E-state index contributed by atoms with van der Waals surface area (Å²) in [4.78, 5) is 0. The number of hydrogen-bond acceptors (Lipinski definition) is 1. The number of benzene rings is 1. The first kappa shape index (κ1) is 13.4. The van der Waals surface area contributed by atoms with Crippen molar-refractivity contribution in [2.75, 3.05) is 0 Å². The Morgan fingerprint density at radius 1 is 1.25 bits per heavy atom. The molecule has 104 valence electrons. The first-order valence-electron chi connectivity index (χ1n) is 6.86. The third-order valence-corrected chi connectivity index (χ3v) is 4.67. The first-order valence-corrected chi connectivity index (χ1v) is 7.65. The second-order valence-electron chi connectivity index (χ2n) is 5.19. The van der Waals surface area contributed by atoms with Crippen LogP contribution in [0.1, 0.15) is 23.9 Å². The fraction of sp³-hybridized carbons (Fsp3) is 0.312. The van der Waals surface area contributed by atoms with E-state index in [0.29, 0.717) is 0 Å². The van der Waals surface area contributed by atoms with Crippen LogP contribution in [0, 0.1) is 6.92 Å². The number of aryl methyl sites for hydroxylation is 3. The second-order valence-corrected chi connectivity index (χ2v) is 5.98. The van der Waals surface area contributed by atoms with Crippen molar-refractivity contribution in [2.24, 2.45) is 7.05 Å². The number of hydrogen-bond donors (Lipinski definition) is 0. The predicted molar refractivity (Wildman–Crippen MR) is 86.1 cm³/mol. The van der Waals surface area contributed by atoms with Crippen molar-refractivity contribution < 1.29 is 0 Å². The van der Waals surface area contributed by atoms with Gasteiger partial charge in [-0.2, -0.15) is 5.10 Å². The van der Waals surface area contributed by atoms with E-state index < -0.39 is 0 Å². The predicted octanol–water partition coefficient (Wildman–Crippen LogP) is 4.06. The largest absolute Gasteiger partial charge is 0.341 e. The minimum atomic E-state index is 0.830. The van der Waals surface area contributed by atoms with Crippen LogP contribution in [0.15, 0.2) is 34.9 Å². The lowest BCUT2D eigenvalue weighted by atomic mass is 10.2. The van der Waals surface area contributed by atoms with Gasteiger partial charge in [0.15, 0.2) is 0 Å². The molecule has 0 saturated heterocycles. The molecule has 0 amide bonds. The monoisotopic (exact) mass is 331 g/mol. The van der Waals surface area contributed by atoms with E-state index >= 15 is 0 Å². The summed E-state index contributed by atoms with van der Waals surface area (Å²) in [6, 6.07) is 8.74. The van der Waals surface area contributed by atoms with Crippen molar-refractivity contribution in [1.29, 1.82) is 0 Å². The molecule has 3 rings (SSSR count). The molecule has 2 heterocycles. The third-order valence-electron chi connectivity index (χ3n) is 3.75. The molecule has 0 radical (unpaired) electrons. The highest BCUT2D eigenvalue weighted by molar-refractivity contribution is 9.10. The van der Waals surface area contributed by atoms with Crippen molar-refractivity contribution in [1.82, 2.24) is 14.3 Å². The van der Waals surface area contributed by atoms with E-state index in [9.17, 15) is 0 Å². The van der Waals surface area contributed by atoms with Crippen LogP contribution in [0.4, 0.5) is 0 Å². The van der Waals surface area contributed by atoms with Gasteiger partial charge in [0.2, 0.25) is 0 Å². The molecule has 0 aliphatic carbocycles. The third kappa shape index (κ3) is 2.18. The fourth-order valence-electron chi connectivity index (χ4n) is 2.58. The van der Waals surface area contributed by atoms with Gasteiger partial charge in [-0.25, -0.2) is 0 Å². The van der Waals surface area contributed by atoms with Crippen LogP contribution >= 0.6 is 15.9 Å². The maximum atomic E-state index is 4.56. The van der Waals surface area contributed by atoms with Gasteiger partial charge in [0, 0.05) is 18.8 Å². The zero-order valence-corrected chi connectivity index (χ0v) is 13.6. The Bertz CT molecular complexity index is 767. The second kappa shape index (κ2) is 5.09. The fourth-order valence-corrected chi connectivity index (χ4v) is 3.33. The standard InChI is InChI=1S/C16H18BrN3/c1-4-13-16(17)15(19(3)18-13)10-20-8-7-12-6-5-11(2)9-14(12)20/h5-9H,4,10H2,1-3H3. The molecule has 4 heteroatoms. The van der Waals surface area contributed by atoms with Crippen LogP contribution < -0.4 is 0 Å². The molecule has 0 aliphatic rings. The van der Waals surface area contributed by atoms with E-state index in [2.05, 4.69) is 69.9 Å². The van der Waals surface area contributed by atoms with Crippen molar-refractivity contribution in [2.45, 2.75) is 26.8 Å². The Hall–Kier alpha value is -1.55. The van der Waals surface area contributed by atoms with Crippen molar-refractivity contribution in [3.05, 3.63) is 51.9 Å². The number of fused-ring (bicyclic) bond motifs is 1. The Kier molecular flexibility index (Phi) is 3.42. The summed E-state index contributed by atoms with van der Waals surface area (Å²) in [6.45, 7) is 5.09. The number of halogens is 1. The van der Waals surface area contributed by atoms with Crippen molar-refractivity contribution >= 4 is 26.8 Å². The van der Waals surface area contributed by atoms with Gasteiger partial charge in [-0.15, -0.1) is 0 Å². The molecule has 0 aliphatic heterocycles. The normalized spacial score (nSPS) is 11.4. The number of aromatic nitrogens is 3. The summed E-state index contributed by atoms with van der Waals surface area (Å²) in [6.07, 6.45) is 3.09. The Labute approximate surface area is 127 Å². The molecular formula is C16H18BrN3. The quantitative estimate of drug-likeness (QED) is 0.709. The maximum Gasteiger partial charge on any atom is 0.0767 e. The summed E-state index contributed by atoms with van der Waals surface area (Å²) in [5.41, 5.74) is 4.89. The zero-order chi connectivity index (χ0) is 14.3. The molecule has 1 aromatic carbocycles. The summed E-state index contributed by atoms with van der Waals surface area (Å²) >= 11 is 3.69. The molecule has 0 unspecified atom stereocenters. The lowest BCUT2D eigenvalue weighted by Crippen LogP contribution is -2.05. The van der Waals surface area contributed by atoms with E-state index in [1.807, 2.05) is 11.7 Å². The van der Waals surface area contributed by atoms with Gasteiger partial charge in [-0.3, -0.25) is 4.68 Å². The molecule has 0 bridgehead atoms. The molecule has 20 heavy (non-hydrogen) atoms. The van der Waals surface area contributed by atoms with Crippen LogP contribution in [-0.4, -0.2) is 14.3 Å². The highest BCUT2D eigenvalue weighted by Crippen LogP contribution is 2.25. The molecule has 3 aromatic rings. The van der Waals surface area contributed by atoms with Gasteiger partial charge in [0.1, 0.15) is 0 Å². The summed E-state index contributed by atoms with van der Waals surface area (Å²) in [5.74, 6) is 0. The molecule has 0 fully saturated rings. The minimum absolute atomic E-state index is 0.830. The maximum absolute atomic E-state index is 4.56. The smallest absolute Gasteiger partial charge is 0.0767 e. The number of nitrogens with zero attached hydrogens (tertiary/aromatic N) is 3. The van der Waals surface area contributed by atoms with E-state index in [1.54, 1.807) is 0 Å². The van der Waals surface area contributed by atoms with Crippen LogP contribution in [0.2, 0.25) is 0 Å². The molecule has 3 nitrogen and oxygen atoms in total. The lowest BCUT2D eigenvalue weighted by Gasteiger charge is -2.07. The van der Waals surface area contributed by atoms with E-state index in [1.165, 1.54) is 22.2 Å². The molecular weight excluding hydrogens is 314 g/mol. The molecule has 2 aromatic heterocycles. The van der Waals surface area contributed by atoms with Crippen molar-refractivity contribution in [3.8, 4) is 0 Å². The lowest BCUT2D eigenvalue weighted by molar-refractivity contribution is 0.668. The van der Waals surface area contributed by atoms with Crippen LogP contribution in [0.25, 0.3) is 10.9 Å². The van der Waals surface area contributed by atoms with Gasteiger partial charge in [-0.1, -0.05) is 19.1 Å². The van der Waals surface area contributed by atoms with Gasteiger partial charge < -0.3 is 4.57 Å². The topological polar surface area (TPSA) is 22.8 Å². The average molecular weight is 332 g/mol. The Morgan fingerprint density at radius 3 is 2.75 bits per heavy atom. The van der Waals surface area contributed by atoms with Crippen LogP contribution in [0.5, 0.6) is 0 Å². The Morgan fingerprint density at radius 2 is 2.05 bits per heavy atom. The molecule has 0 spiro atoms. The summed E-state index contributed by atoms with van der Waals surface area (Å²) in [5, 5.41) is 5.85. The Balaban J connectivity index is 2.05. The van der Waals surface area contributed by atoms with Gasteiger partial charge in [0.25, 0.3) is 0 Å². The SMILES string of the molecule is CCc1nn(C)c(Cn2ccc3ccc(C)cc32)c1Br. The number of rotatable bonds is 3. The summed E-state index contributed by atoms with van der Waals surface area (Å²) < 4.78 is 5.39. The highest BCUT2D eigenvalue weighted by Gasteiger charge is 2.13. The zero-order valence-electron chi connectivity index (χ0n) is 12.0. The van der Waals surface area contributed by atoms with E-state index in [4.69, 9.17) is 0 Å². The van der Waals surface area contributed by atoms with Gasteiger partial charge >= 0.3 is 0 Å². The van der Waals surface area contributed by atoms with Crippen molar-refractivity contribution in [3.63, 3.8) is 0 Å². The van der Waals surface area contributed by atoms with E-state index in [0.717, 1.165) is 23.1 Å². The molecule has 0 atom stereocenters. The molecule has 0 saturated carbocycles. The average Bonchev–Trinajstić information content (AvgIpc) is 2.94. The van der Waals surface area contributed by atoms with Crippen LogP contribution in [-0.2, 0) is 20.0 Å². The van der Waals surface area contributed by atoms with E-state index in [-0.39, 0.29) is 0 Å². The van der Waals surface area contributed by atoms with Gasteiger partial charge in [0.05, 0.1) is 22.4 Å². The van der Waals surface area contributed by atoms with Gasteiger partial charge in [-0.05, 0) is 52.4 Å². The molecule has 0 N–H and O–H groups in total. The minimum Gasteiger partial charge on any atom is -0.341 e. The van der Waals surface area contributed by atoms with Crippen LogP contribution in [0.3, 0.4) is 0 Å².